The van der Waals surface area contributed by atoms with Gasteiger partial charge >= 0.3 is 5.97 Å². The lowest BCUT2D eigenvalue weighted by Crippen LogP contribution is -2.32. The highest BCUT2D eigenvalue weighted by Crippen LogP contribution is 2.52. The number of hydrogen-bond acceptors (Lipinski definition) is 23. The van der Waals surface area contributed by atoms with Crippen LogP contribution >= 0.6 is 24.1 Å². The van der Waals surface area contributed by atoms with Crippen molar-refractivity contribution in [2.45, 2.75) is 83.8 Å². The van der Waals surface area contributed by atoms with Crippen molar-refractivity contribution in [2.75, 3.05) is 29.5 Å². The van der Waals surface area contributed by atoms with E-state index in [2.05, 4.69) is 23.7 Å². The second-order valence-corrected chi connectivity index (χ2v) is 26.6. The number of aromatic nitrogens is 1. The number of benzene rings is 4. The molecule has 0 saturated carbocycles. The molecule has 0 atom stereocenters. The molecule has 5 aromatic rings. The minimum atomic E-state index is -5.15. The molecule has 0 aliphatic carbocycles. The molecule has 32 heteroatoms. The van der Waals surface area contributed by atoms with E-state index in [1.165, 1.54) is 30.3 Å². The zero-order valence-corrected chi connectivity index (χ0v) is 47.6. The molecule has 8 rings (SSSR count). The highest BCUT2D eigenvalue weighted by Gasteiger charge is 2.47. The molecule has 0 bridgehead atoms. The Balaban J connectivity index is 1.34. The van der Waals surface area contributed by atoms with Crippen LogP contribution in [-0.4, -0.2) is 115 Å². The van der Waals surface area contributed by atoms with Gasteiger partial charge < -0.3 is 24.8 Å². The van der Waals surface area contributed by atoms with E-state index in [9.17, 15) is 76.8 Å². The van der Waals surface area contributed by atoms with Gasteiger partial charge in [0.15, 0.2) is 5.71 Å². The number of carbonyl (C=O) groups excluding carboxylic acids is 3. The Hall–Kier alpha value is -6.05. The predicted octanol–water partition coefficient (Wildman–Crippen LogP) is 4.47. The van der Waals surface area contributed by atoms with Crippen LogP contribution in [-0.2, 0) is 84.5 Å². The summed E-state index contributed by atoms with van der Waals surface area (Å²) in [5, 5.41) is 29.5. The average molecular weight is 1240 g/mol. The van der Waals surface area contributed by atoms with Crippen LogP contribution in [0.25, 0.3) is 27.1 Å². The lowest BCUT2D eigenvalue weighted by molar-refractivity contribution is -0.777. The second kappa shape index (κ2) is 23.3. The SMILES string of the molecule is CC1(C)C(/C=C/C(=C/C=C2/N(CCCS(=O)(=O)[O-])c3ccc4c(S(=O)(=O)O)cc(S(=O)(=O)O)cc4c3C2(C)C)c2ccc(C(=O)ON3C(=O)CCC3=O)cn2)=[N+](CCCSOO[O-])c2ccc3c(SOO[O-])cc(S(=O)(=O)O)cc3c21. The fourth-order valence-electron chi connectivity index (χ4n) is 10.2. The first kappa shape index (κ1) is 61.0. The van der Waals surface area contributed by atoms with E-state index in [1.54, 1.807) is 55.2 Å². The van der Waals surface area contributed by atoms with Crippen LogP contribution in [0.15, 0.2) is 116 Å². The van der Waals surface area contributed by atoms with Crippen LogP contribution in [0.3, 0.4) is 0 Å². The first-order valence-corrected chi connectivity index (χ1v) is 31.3. The van der Waals surface area contributed by atoms with Crippen LogP contribution < -0.4 is 15.4 Å². The molecule has 3 aliphatic rings. The van der Waals surface area contributed by atoms with E-state index >= 15 is 0 Å². The van der Waals surface area contributed by atoms with Crippen molar-refractivity contribution in [3.8, 4) is 0 Å². The third kappa shape index (κ3) is 12.8. The van der Waals surface area contributed by atoms with Crippen molar-refractivity contribution >= 4 is 127 Å². The maximum Gasteiger partial charge on any atom is 0.365 e. The number of hydrogen-bond donors (Lipinski definition) is 3. The minimum absolute atomic E-state index is 0.0473. The summed E-state index contributed by atoms with van der Waals surface area (Å²) >= 11 is 1.13. The van der Waals surface area contributed by atoms with Crippen molar-refractivity contribution in [2.24, 2.45) is 0 Å². The van der Waals surface area contributed by atoms with Gasteiger partial charge in [-0.1, -0.05) is 26.0 Å². The average Bonchev–Trinajstić information content (AvgIpc) is 2.04. The van der Waals surface area contributed by atoms with Gasteiger partial charge in [0.05, 0.1) is 48.6 Å². The topological polar surface area (TPSA) is 386 Å². The van der Waals surface area contributed by atoms with E-state index in [0.29, 0.717) is 63.0 Å². The molecule has 81 heavy (non-hydrogen) atoms. The van der Waals surface area contributed by atoms with Crippen molar-refractivity contribution in [3.05, 3.63) is 119 Å². The molecule has 3 N–H and O–H groups in total. The molecule has 0 radical (unpaired) electrons. The number of imide groups is 1. The van der Waals surface area contributed by atoms with Gasteiger partial charge in [-0.25, -0.2) is 13.2 Å². The standard InChI is InChI=1S/C49H48N4O22S6/c1-48(2)41(51(19-5-21-76-74-72-57)37-13-10-32-34(45(37)48)23-30(79(62,63)64)25-39(32)77-75-73-58)15-8-28(36-12-7-29(27-50-36)47(56)71-53-43(54)17-18-44(53)55)9-16-42-49(3,4)46-35-24-31(80(65,66)67)26-40(81(68,69)70)33(35)11-14-38(46)52(42)20-6-22-78(59,60)61/h7-16,23-27H,5-6,17-22H2,1-4H3,(H5-,57,58,59,60,61,62,63,64,65,66,67,68,69,70)/p-2. The zero-order chi connectivity index (χ0) is 59.2. The summed E-state index contributed by atoms with van der Waals surface area (Å²) in [7, 11) is -19.9. The fraction of sp³-hybridized carbons (Fsp3) is 0.286. The summed E-state index contributed by atoms with van der Waals surface area (Å²) in [5.74, 6) is -3.13. The number of allylic oxidation sites excluding steroid dienone is 6. The normalized spacial score (nSPS) is 17.2. The Bertz CT molecular complexity index is 4010. The van der Waals surface area contributed by atoms with Gasteiger partial charge in [0.25, 0.3) is 42.2 Å². The van der Waals surface area contributed by atoms with Gasteiger partial charge in [-0.05, 0) is 103 Å². The van der Waals surface area contributed by atoms with E-state index in [-0.39, 0.29) is 81.9 Å². The third-order valence-electron chi connectivity index (χ3n) is 13.6. The van der Waals surface area contributed by atoms with Crippen LogP contribution in [0.2, 0.25) is 0 Å². The number of anilines is 1. The fourth-order valence-corrected chi connectivity index (χ4v) is 13.5. The number of nitrogens with zero attached hydrogens (tertiary/aromatic N) is 4. The number of carbonyl (C=O) groups is 3. The number of pyridine rings is 1. The maximum atomic E-state index is 13.3. The van der Waals surface area contributed by atoms with Crippen molar-refractivity contribution in [3.63, 3.8) is 0 Å². The molecule has 0 unspecified atom stereocenters. The lowest BCUT2D eigenvalue weighted by atomic mass is 9.79. The Kier molecular flexibility index (Phi) is 17.6. The van der Waals surface area contributed by atoms with Gasteiger partial charge in [0.1, 0.15) is 11.4 Å². The Morgan fingerprint density at radius 3 is 2.02 bits per heavy atom. The molecule has 4 heterocycles. The van der Waals surface area contributed by atoms with Crippen LogP contribution in [0.1, 0.15) is 80.6 Å². The molecule has 26 nitrogen and oxygen atoms in total. The van der Waals surface area contributed by atoms with Gasteiger partial charge in [-0.15, -0.1) is 5.06 Å². The molecule has 3 aliphatic heterocycles. The Labute approximate surface area is 471 Å². The summed E-state index contributed by atoms with van der Waals surface area (Å²) in [6, 6.07) is 12.8. The third-order valence-corrected chi connectivity index (χ3v) is 18.2. The largest absolute Gasteiger partial charge is 0.748 e. The molecular weight excluding hydrogens is 1190 g/mol. The predicted molar refractivity (Wildman–Crippen MR) is 283 cm³/mol. The summed E-state index contributed by atoms with van der Waals surface area (Å²) in [5.41, 5.74) is 0.361. The molecule has 432 valence electrons. The zero-order valence-electron chi connectivity index (χ0n) is 42.7. The van der Waals surface area contributed by atoms with Gasteiger partial charge in [0, 0.05) is 106 Å². The highest BCUT2D eigenvalue weighted by molar-refractivity contribution is 7.95. The van der Waals surface area contributed by atoms with Crippen molar-refractivity contribution in [1.29, 1.82) is 0 Å². The number of hydroxylamine groups is 2. The molecule has 4 aromatic carbocycles. The van der Waals surface area contributed by atoms with Crippen molar-refractivity contribution in [1.82, 2.24) is 10.0 Å². The molecule has 0 spiro atoms. The molecular formula is C49H46N4O22S6-2. The van der Waals surface area contributed by atoms with E-state index in [0.717, 1.165) is 30.4 Å². The van der Waals surface area contributed by atoms with E-state index < -0.39 is 89.5 Å². The quantitative estimate of drug-likeness (QED) is 0.0126. The van der Waals surface area contributed by atoms with Gasteiger partial charge in [0.2, 0.25) is 5.69 Å². The monoisotopic (exact) mass is 1230 g/mol. The number of rotatable bonds is 22. The first-order chi connectivity index (χ1) is 37.9. The molecule has 1 aromatic heterocycles. The van der Waals surface area contributed by atoms with Crippen LogP contribution in [0.5, 0.6) is 0 Å². The molecule has 1 saturated heterocycles. The number of fused-ring (bicyclic) bond motifs is 6. The van der Waals surface area contributed by atoms with Gasteiger partial charge in [-0.3, -0.25) is 38.3 Å². The number of amides is 2. The second-order valence-electron chi connectivity index (χ2n) is 19.4. The molecule has 1 fully saturated rings. The Morgan fingerprint density at radius 2 is 1.42 bits per heavy atom. The van der Waals surface area contributed by atoms with Gasteiger partial charge in [-0.2, -0.15) is 38.5 Å². The summed E-state index contributed by atoms with van der Waals surface area (Å²) in [4.78, 5) is 46.9. The van der Waals surface area contributed by atoms with E-state index in [4.69, 9.17) is 4.84 Å². The summed E-state index contributed by atoms with van der Waals surface area (Å²) < 4.78 is 154. The van der Waals surface area contributed by atoms with Crippen molar-refractivity contribution < 1.29 is 105 Å². The Morgan fingerprint density at radius 1 is 0.778 bits per heavy atom. The molecule has 2 amide bonds. The minimum Gasteiger partial charge on any atom is -0.748 e. The summed E-state index contributed by atoms with van der Waals surface area (Å²) in [6.45, 7) is 7.04. The smallest absolute Gasteiger partial charge is 0.365 e. The lowest BCUT2D eigenvalue weighted by Gasteiger charge is -2.27. The van der Waals surface area contributed by atoms with Crippen LogP contribution in [0, 0.1) is 0 Å². The maximum absolute atomic E-state index is 13.3. The first-order valence-electron chi connectivity index (χ1n) is 23.8. The summed E-state index contributed by atoms with van der Waals surface area (Å²) in [6.07, 6.45) is 7.37. The highest BCUT2D eigenvalue weighted by atomic mass is 32.2. The van der Waals surface area contributed by atoms with Crippen LogP contribution in [0.4, 0.5) is 11.4 Å². The van der Waals surface area contributed by atoms with E-state index in [1.807, 2.05) is 18.4 Å².